The lowest BCUT2D eigenvalue weighted by Crippen LogP contribution is -2.51. The average Bonchev–Trinajstić information content (AvgIpc) is 3.43. The Balaban J connectivity index is 1.46. The Labute approximate surface area is 175 Å². The molecule has 0 unspecified atom stereocenters. The third kappa shape index (κ3) is 3.37. The third-order valence-electron chi connectivity index (χ3n) is 6.16. The van der Waals surface area contributed by atoms with Gasteiger partial charge in [-0.15, -0.1) is 0 Å². The standard InChI is InChI=1S/C22H27N5O3/c1-3-22(16-9-5-4-6-10-16)20(29)27(21(30)23-22)24-19(28)15-26-14-8-12-18(26)17-11-7-13-25(17)2/h4-7,9-11,13,18H,3,8,12,14-15H2,1-2H3,(H,23,30)(H,24,28)/t18-,22+/m1/s1. The predicted molar refractivity (Wildman–Crippen MR) is 111 cm³/mol. The van der Waals surface area contributed by atoms with Crippen molar-refractivity contribution in [2.75, 3.05) is 13.1 Å². The average molecular weight is 409 g/mol. The lowest BCUT2D eigenvalue weighted by Gasteiger charge is -2.27. The Bertz CT molecular complexity index is 957. The highest BCUT2D eigenvalue weighted by Crippen LogP contribution is 2.33. The van der Waals surface area contributed by atoms with Crippen LogP contribution in [-0.2, 0) is 22.2 Å². The van der Waals surface area contributed by atoms with E-state index in [2.05, 4.69) is 26.3 Å². The van der Waals surface area contributed by atoms with Crippen molar-refractivity contribution >= 4 is 17.8 Å². The van der Waals surface area contributed by atoms with Crippen molar-refractivity contribution in [2.24, 2.45) is 7.05 Å². The first-order valence-electron chi connectivity index (χ1n) is 10.3. The summed E-state index contributed by atoms with van der Waals surface area (Å²) in [6.07, 6.45) is 4.35. The highest BCUT2D eigenvalue weighted by atomic mass is 16.2. The van der Waals surface area contributed by atoms with E-state index in [1.54, 1.807) is 0 Å². The number of imide groups is 1. The molecule has 2 saturated heterocycles. The molecule has 0 saturated carbocycles. The summed E-state index contributed by atoms with van der Waals surface area (Å²) < 4.78 is 2.06. The Hall–Kier alpha value is -3.13. The molecule has 3 heterocycles. The minimum atomic E-state index is -1.16. The van der Waals surface area contributed by atoms with E-state index in [0.717, 1.165) is 30.1 Å². The SMILES string of the molecule is CC[C@@]1(c2ccccc2)NC(=O)N(NC(=O)CN2CCC[C@@H]2c2cccn2C)C1=O. The monoisotopic (exact) mass is 409 g/mol. The van der Waals surface area contributed by atoms with Gasteiger partial charge in [0.1, 0.15) is 5.54 Å². The Kier molecular flexibility index (Phi) is 5.34. The molecule has 0 radical (unpaired) electrons. The molecule has 8 heteroatoms. The van der Waals surface area contributed by atoms with Gasteiger partial charge in [-0.2, -0.15) is 5.01 Å². The Morgan fingerprint density at radius 1 is 1.20 bits per heavy atom. The van der Waals surface area contributed by atoms with Crippen molar-refractivity contribution in [2.45, 2.75) is 37.8 Å². The summed E-state index contributed by atoms with van der Waals surface area (Å²) in [5.41, 5.74) is 3.22. The second-order valence-corrected chi connectivity index (χ2v) is 7.90. The number of hydrazine groups is 1. The molecule has 4 amide bonds. The number of amides is 4. The van der Waals surface area contributed by atoms with E-state index in [1.165, 1.54) is 0 Å². The molecule has 2 fully saturated rings. The zero-order chi connectivity index (χ0) is 21.3. The minimum absolute atomic E-state index is 0.122. The van der Waals surface area contributed by atoms with Crippen LogP contribution in [0.2, 0.25) is 0 Å². The summed E-state index contributed by atoms with van der Waals surface area (Å²) in [6, 6.07) is 12.7. The molecule has 2 N–H and O–H groups in total. The van der Waals surface area contributed by atoms with E-state index in [0.29, 0.717) is 12.0 Å². The van der Waals surface area contributed by atoms with E-state index in [1.807, 2.05) is 56.6 Å². The smallest absolute Gasteiger partial charge is 0.344 e. The number of aryl methyl sites for hydroxylation is 1. The summed E-state index contributed by atoms with van der Waals surface area (Å²) >= 11 is 0. The Morgan fingerprint density at radius 3 is 2.63 bits per heavy atom. The van der Waals surface area contributed by atoms with Gasteiger partial charge in [-0.3, -0.25) is 19.9 Å². The molecule has 2 atom stereocenters. The van der Waals surface area contributed by atoms with Crippen molar-refractivity contribution in [3.63, 3.8) is 0 Å². The number of nitrogens with one attached hydrogen (secondary N) is 2. The van der Waals surface area contributed by atoms with Gasteiger partial charge in [0.15, 0.2) is 0 Å². The molecular formula is C22H27N5O3. The van der Waals surface area contributed by atoms with Gasteiger partial charge in [-0.05, 0) is 43.5 Å². The third-order valence-corrected chi connectivity index (χ3v) is 6.16. The maximum atomic E-state index is 13.1. The summed E-state index contributed by atoms with van der Waals surface area (Å²) in [6.45, 7) is 2.76. The number of carbonyl (C=O) groups excluding carboxylic acids is 3. The lowest BCUT2D eigenvalue weighted by atomic mass is 9.87. The number of likely N-dealkylation sites (tertiary alicyclic amines) is 1. The highest BCUT2D eigenvalue weighted by Gasteiger charge is 2.52. The van der Waals surface area contributed by atoms with Crippen LogP contribution in [0.15, 0.2) is 48.7 Å². The number of benzene rings is 1. The van der Waals surface area contributed by atoms with E-state index in [4.69, 9.17) is 0 Å². The number of hydrogen-bond donors (Lipinski definition) is 2. The van der Waals surface area contributed by atoms with Crippen molar-refractivity contribution in [1.29, 1.82) is 0 Å². The van der Waals surface area contributed by atoms with Gasteiger partial charge >= 0.3 is 6.03 Å². The highest BCUT2D eigenvalue weighted by molar-refractivity contribution is 6.08. The van der Waals surface area contributed by atoms with E-state index < -0.39 is 17.5 Å². The molecule has 158 valence electrons. The zero-order valence-electron chi connectivity index (χ0n) is 17.3. The van der Waals surface area contributed by atoms with Crippen LogP contribution in [0.25, 0.3) is 0 Å². The van der Waals surface area contributed by atoms with Crippen molar-refractivity contribution in [1.82, 2.24) is 25.2 Å². The van der Waals surface area contributed by atoms with Crippen LogP contribution in [0.1, 0.15) is 43.5 Å². The normalized spacial score (nSPS) is 24.3. The van der Waals surface area contributed by atoms with Crippen LogP contribution in [0.5, 0.6) is 0 Å². The van der Waals surface area contributed by atoms with Crippen molar-refractivity contribution in [3.05, 3.63) is 59.9 Å². The van der Waals surface area contributed by atoms with E-state index >= 15 is 0 Å². The molecule has 0 bridgehead atoms. The Morgan fingerprint density at radius 2 is 1.97 bits per heavy atom. The first-order chi connectivity index (χ1) is 14.5. The molecule has 0 spiro atoms. The van der Waals surface area contributed by atoms with Crippen molar-refractivity contribution < 1.29 is 14.4 Å². The molecule has 2 aliphatic heterocycles. The minimum Gasteiger partial charge on any atom is -0.353 e. The summed E-state index contributed by atoms with van der Waals surface area (Å²) in [5, 5.41) is 3.60. The van der Waals surface area contributed by atoms with E-state index in [-0.39, 0.29) is 18.5 Å². The predicted octanol–water partition coefficient (Wildman–Crippen LogP) is 2.05. The lowest BCUT2D eigenvalue weighted by molar-refractivity contribution is -0.140. The molecule has 2 aromatic rings. The fraction of sp³-hybridized carbons (Fsp3) is 0.409. The second kappa shape index (κ2) is 7.95. The van der Waals surface area contributed by atoms with Crippen LogP contribution in [0, 0.1) is 0 Å². The fourth-order valence-corrected chi connectivity index (χ4v) is 4.55. The molecular weight excluding hydrogens is 382 g/mol. The number of hydrogen-bond acceptors (Lipinski definition) is 4. The van der Waals surface area contributed by atoms with E-state index in [9.17, 15) is 14.4 Å². The van der Waals surface area contributed by atoms with Gasteiger partial charge in [-0.1, -0.05) is 37.3 Å². The molecule has 30 heavy (non-hydrogen) atoms. The van der Waals surface area contributed by atoms with Gasteiger partial charge in [0, 0.05) is 18.9 Å². The van der Waals surface area contributed by atoms with Gasteiger partial charge in [-0.25, -0.2) is 4.79 Å². The van der Waals surface area contributed by atoms with Gasteiger partial charge < -0.3 is 9.88 Å². The molecule has 4 rings (SSSR count). The second-order valence-electron chi connectivity index (χ2n) is 7.90. The van der Waals surface area contributed by atoms with Gasteiger partial charge in [0.2, 0.25) is 0 Å². The van der Waals surface area contributed by atoms with Crippen LogP contribution in [-0.4, -0.2) is 45.4 Å². The number of rotatable bonds is 6. The fourth-order valence-electron chi connectivity index (χ4n) is 4.55. The molecule has 1 aromatic heterocycles. The molecule has 8 nitrogen and oxygen atoms in total. The first kappa shape index (κ1) is 20.2. The maximum Gasteiger partial charge on any atom is 0.344 e. The summed E-state index contributed by atoms with van der Waals surface area (Å²) in [7, 11) is 1.99. The summed E-state index contributed by atoms with van der Waals surface area (Å²) in [4.78, 5) is 40.6. The van der Waals surface area contributed by atoms with Crippen LogP contribution < -0.4 is 10.7 Å². The van der Waals surface area contributed by atoms with Gasteiger partial charge in [0.05, 0.1) is 12.6 Å². The zero-order valence-corrected chi connectivity index (χ0v) is 17.3. The number of nitrogens with zero attached hydrogens (tertiary/aromatic N) is 3. The van der Waals surface area contributed by atoms with Crippen LogP contribution >= 0.6 is 0 Å². The number of carbonyl (C=O) groups is 3. The quantitative estimate of drug-likeness (QED) is 0.715. The number of aromatic nitrogens is 1. The van der Waals surface area contributed by atoms with Crippen LogP contribution in [0.3, 0.4) is 0 Å². The number of urea groups is 1. The van der Waals surface area contributed by atoms with Crippen LogP contribution in [0.4, 0.5) is 4.79 Å². The maximum absolute atomic E-state index is 13.1. The van der Waals surface area contributed by atoms with Gasteiger partial charge in [0.25, 0.3) is 11.8 Å². The topological polar surface area (TPSA) is 86.7 Å². The van der Waals surface area contributed by atoms with Crippen molar-refractivity contribution in [3.8, 4) is 0 Å². The molecule has 2 aliphatic rings. The summed E-state index contributed by atoms with van der Waals surface area (Å²) in [5.74, 6) is -0.838. The molecule has 1 aromatic carbocycles. The largest absolute Gasteiger partial charge is 0.353 e. The first-order valence-corrected chi connectivity index (χ1v) is 10.3. The molecule has 0 aliphatic carbocycles.